The summed E-state index contributed by atoms with van der Waals surface area (Å²) in [5, 5.41) is 35.4. The molecular formula is C20H15ClN4O4. The van der Waals surface area contributed by atoms with Crippen LogP contribution in [0.4, 0.5) is 0 Å². The van der Waals surface area contributed by atoms with Gasteiger partial charge in [0.2, 0.25) is 5.88 Å². The van der Waals surface area contributed by atoms with Crippen molar-refractivity contribution >= 4 is 23.5 Å². The molecule has 3 N–H and O–H groups in total. The molecule has 3 rings (SSSR count). The lowest BCUT2D eigenvalue weighted by Crippen LogP contribution is -2.30. The van der Waals surface area contributed by atoms with Crippen molar-refractivity contribution in [1.82, 2.24) is 15.1 Å². The van der Waals surface area contributed by atoms with Crippen molar-refractivity contribution < 1.29 is 19.8 Å². The molecule has 0 aliphatic carbocycles. The van der Waals surface area contributed by atoms with Crippen LogP contribution in [0.1, 0.15) is 34.1 Å². The zero-order valence-corrected chi connectivity index (χ0v) is 15.7. The number of aromatic hydroxyl groups is 1. The normalized spacial score (nSPS) is 11.4. The molecule has 0 aliphatic rings. The minimum absolute atomic E-state index is 0.116. The Morgan fingerprint density at radius 3 is 2.66 bits per heavy atom. The second-order valence-electron chi connectivity index (χ2n) is 6.11. The van der Waals surface area contributed by atoms with Crippen molar-refractivity contribution in [2.45, 2.75) is 12.5 Å². The predicted octanol–water partition coefficient (Wildman–Crippen LogP) is 3.05. The third-order valence-electron chi connectivity index (χ3n) is 4.11. The summed E-state index contributed by atoms with van der Waals surface area (Å²) in [4.78, 5) is 23.9. The molecule has 0 fully saturated rings. The van der Waals surface area contributed by atoms with Gasteiger partial charge in [-0.3, -0.25) is 9.59 Å². The highest BCUT2D eigenvalue weighted by atomic mass is 35.5. The summed E-state index contributed by atoms with van der Waals surface area (Å²) in [6.45, 7) is 0. The molecule has 0 spiro atoms. The van der Waals surface area contributed by atoms with Gasteiger partial charge >= 0.3 is 5.97 Å². The Balaban J connectivity index is 1.89. The quantitative estimate of drug-likeness (QED) is 0.573. The molecule has 0 saturated carbocycles. The molecular weight excluding hydrogens is 396 g/mol. The molecule has 1 amide bonds. The number of aliphatic carboxylic acids is 1. The number of rotatable bonds is 6. The highest BCUT2D eigenvalue weighted by Gasteiger charge is 2.22. The van der Waals surface area contributed by atoms with Gasteiger partial charge in [0.25, 0.3) is 5.91 Å². The first-order chi connectivity index (χ1) is 13.9. The van der Waals surface area contributed by atoms with Gasteiger partial charge in [-0.2, -0.15) is 15.0 Å². The van der Waals surface area contributed by atoms with Crippen molar-refractivity contribution in [3.05, 3.63) is 76.4 Å². The third-order valence-corrected chi connectivity index (χ3v) is 4.43. The lowest BCUT2D eigenvalue weighted by Gasteiger charge is -2.17. The summed E-state index contributed by atoms with van der Waals surface area (Å²) in [5.41, 5.74) is 1.08. The van der Waals surface area contributed by atoms with Crippen molar-refractivity contribution in [2.75, 3.05) is 0 Å². The number of halogens is 1. The minimum Gasteiger partial charge on any atom is -0.493 e. The van der Waals surface area contributed by atoms with E-state index in [1.165, 1.54) is 6.07 Å². The van der Waals surface area contributed by atoms with E-state index in [-0.39, 0.29) is 11.6 Å². The summed E-state index contributed by atoms with van der Waals surface area (Å²) in [6, 6.07) is 15.2. The largest absolute Gasteiger partial charge is 0.493 e. The molecule has 1 aromatic heterocycles. The van der Waals surface area contributed by atoms with E-state index in [2.05, 4.69) is 10.4 Å². The number of nitriles is 1. The molecule has 3 aromatic rings. The number of carboxylic acids is 1. The minimum atomic E-state index is -1.12. The smallest absolute Gasteiger partial charge is 0.305 e. The SMILES string of the molecule is N#Cc1cccc([C@H](CC(=O)O)NC(=O)c2cc(O)n(-c3ccccc3Cl)n2)c1. The number of benzene rings is 2. The number of hydrogen-bond donors (Lipinski definition) is 3. The lowest BCUT2D eigenvalue weighted by atomic mass is 10.0. The second-order valence-corrected chi connectivity index (χ2v) is 6.52. The number of hydrogen-bond acceptors (Lipinski definition) is 5. The number of nitrogens with zero attached hydrogens (tertiary/aromatic N) is 3. The van der Waals surface area contributed by atoms with Crippen LogP contribution in [0.2, 0.25) is 5.02 Å². The summed E-state index contributed by atoms with van der Waals surface area (Å²) in [7, 11) is 0. The Morgan fingerprint density at radius 1 is 1.21 bits per heavy atom. The molecule has 9 heteroatoms. The van der Waals surface area contributed by atoms with E-state index in [0.29, 0.717) is 21.8 Å². The molecule has 1 atom stereocenters. The van der Waals surface area contributed by atoms with Crippen LogP contribution in [0.15, 0.2) is 54.6 Å². The Hall–Kier alpha value is -3.83. The number of carbonyl (C=O) groups is 2. The van der Waals surface area contributed by atoms with Crippen LogP contribution in [0.5, 0.6) is 5.88 Å². The monoisotopic (exact) mass is 410 g/mol. The van der Waals surface area contributed by atoms with Gasteiger partial charge < -0.3 is 15.5 Å². The molecule has 0 unspecified atom stereocenters. The fraction of sp³-hybridized carbons (Fsp3) is 0.100. The maximum atomic E-state index is 12.7. The van der Waals surface area contributed by atoms with E-state index in [1.54, 1.807) is 42.5 Å². The third kappa shape index (κ3) is 4.54. The van der Waals surface area contributed by atoms with Crippen molar-refractivity contribution in [2.24, 2.45) is 0 Å². The van der Waals surface area contributed by atoms with Crippen molar-refractivity contribution in [3.8, 4) is 17.6 Å². The van der Waals surface area contributed by atoms with Crippen LogP contribution in [0, 0.1) is 11.3 Å². The number of nitrogens with one attached hydrogen (secondary N) is 1. The Morgan fingerprint density at radius 2 is 1.97 bits per heavy atom. The number of carbonyl (C=O) groups excluding carboxylic acids is 1. The van der Waals surface area contributed by atoms with Gasteiger partial charge in [0, 0.05) is 6.07 Å². The number of amides is 1. The fourth-order valence-electron chi connectivity index (χ4n) is 2.77. The molecule has 29 heavy (non-hydrogen) atoms. The number of carboxylic acid groups (broad SMARTS) is 1. The fourth-order valence-corrected chi connectivity index (χ4v) is 2.98. The van der Waals surface area contributed by atoms with Gasteiger partial charge in [0.15, 0.2) is 5.69 Å². The van der Waals surface area contributed by atoms with Crippen LogP contribution in [-0.4, -0.2) is 31.9 Å². The zero-order valence-electron chi connectivity index (χ0n) is 14.9. The van der Waals surface area contributed by atoms with E-state index >= 15 is 0 Å². The van der Waals surface area contributed by atoms with Gasteiger partial charge in [-0.1, -0.05) is 35.9 Å². The van der Waals surface area contributed by atoms with E-state index in [1.807, 2.05) is 6.07 Å². The van der Waals surface area contributed by atoms with E-state index in [4.69, 9.17) is 16.9 Å². The number of aromatic nitrogens is 2. The Kier molecular flexibility index (Phi) is 5.81. The summed E-state index contributed by atoms with van der Waals surface area (Å²) >= 11 is 6.11. The Labute approximate surface area is 170 Å². The van der Waals surface area contributed by atoms with E-state index < -0.39 is 24.3 Å². The predicted molar refractivity (Wildman–Crippen MR) is 104 cm³/mol. The lowest BCUT2D eigenvalue weighted by molar-refractivity contribution is -0.137. The molecule has 0 bridgehead atoms. The molecule has 8 nitrogen and oxygen atoms in total. The topological polar surface area (TPSA) is 128 Å². The van der Waals surface area contributed by atoms with E-state index in [0.717, 1.165) is 10.7 Å². The molecule has 0 aliphatic heterocycles. The van der Waals surface area contributed by atoms with Crippen LogP contribution in [0.25, 0.3) is 5.69 Å². The first kappa shape index (κ1) is 19.9. The first-order valence-corrected chi connectivity index (χ1v) is 8.83. The van der Waals surface area contributed by atoms with Gasteiger partial charge in [-0.05, 0) is 29.8 Å². The van der Waals surface area contributed by atoms with Gasteiger partial charge in [0.1, 0.15) is 0 Å². The standard InChI is InChI=1S/C20H15ClN4O4/c21-14-6-1-2-7-17(14)25-18(26)9-16(24-25)20(29)23-15(10-19(27)28)13-5-3-4-12(8-13)11-22/h1-9,15,26H,10H2,(H,23,29)(H,27,28)/t15-/m0/s1. The van der Waals surface area contributed by atoms with Crippen LogP contribution < -0.4 is 5.32 Å². The summed E-state index contributed by atoms with van der Waals surface area (Å²) in [6.07, 6.45) is -0.391. The highest BCUT2D eigenvalue weighted by molar-refractivity contribution is 6.32. The highest BCUT2D eigenvalue weighted by Crippen LogP contribution is 2.25. The number of para-hydroxylation sites is 1. The summed E-state index contributed by atoms with van der Waals surface area (Å²) < 4.78 is 1.11. The maximum Gasteiger partial charge on any atom is 0.305 e. The molecule has 2 aromatic carbocycles. The maximum absolute atomic E-state index is 12.7. The molecule has 0 saturated heterocycles. The van der Waals surface area contributed by atoms with Crippen molar-refractivity contribution in [3.63, 3.8) is 0 Å². The first-order valence-electron chi connectivity index (χ1n) is 8.45. The zero-order chi connectivity index (χ0) is 21.0. The average Bonchev–Trinajstić information content (AvgIpc) is 3.09. The van der Waals surface area contributed by atoms with Crippen LogP contribution >= 0.6 is 11.6 Å². The van der Waals surface area contributed by atoms with Crippen LogP contribution in [-0.2, 0) is 4.79 Å². The van der Waals surface area contributed by atoms with Gasteiger partial charge in [-0.15, -0.1) is 0 Å². The van der Waals surface area contributed by atoms with Gasteiger partial charge in [0.05, 0.1) is 34.8 Å². The molecule has 0 radical (unpaired) electrons. The molecule has 146 valence electrons. The van der Waals surface area contributed by atoms with Crippen molar-refractivity contribution in [1.29, 1.82) is 5.26 Å². The van der Waals surface area contributed by atoms with Gasteiger partial charge in [-0.25, -0.2) is 0 Å². The molecule has 1 heterocycles. The van der Waals surface area contributed by atoms with Crippen LogP contribution in [0.3, 0.4) is 0 Å². The second kappa shape index (κ2) is 8.46. The summed E-state index contributed by atoms with van der Waals surface area (Å²) in [5.74, 6) is -2.11. The Bertz CT molecular complexity index is 1120. The van der Waals surface area contributed by atoms with E-state index in [9.17, 15) is 19.8 Å². The average molecular weight is 411 g/mol.